The van der Waals surface area contributed by atoms with Gasteiger partial charge in [-0.05, 0) is 20.3 Å². The molecule has 12 heavy (non-hydrogen) atoms. The second-order valence-electron chi connectivity index (χ2n) is 3.29. The van der Waals surface area contributed by atoms with Crippen LogP contribution in [0.5, 0.6) is 0 Å². The van der Waals surface area contributed by atoms with E-state index >= 15 is 0 Å². The Labute approximate surface area is 74.4 Å². The summed E-state index contributed by atoms with van der Waals surface area (Å²) in [7, 11) is 0. The lowest BCUT2D eigenvalue weighted by Gasteiger charge is -1.94. The smallest absolute Gasteiger partial charge is 0.0846 e. The lowest BCUT2D eigenvalue weighted by Crippen LogP contribution is -1.85. The maximum atomic E-state index is 5.13. The average Bonchev–Trinajstić information content (AvgIpc) is 2.84. The van der Waals surface area contributed by atoms with Crippen LogP contribution < -0.4 is 0 Å². The highest BCUT2D eigenvalue weighted by Crippen LogP contribution is 2.18. The van der Waals surface area contributed by atoms with Gasteiger partial charge < -0.3 is 4.74 Å². The van der Waals surface area contributed by atoms with E-state index in [1.54, 1.807) is 0 Å². The highest BCUT2D eigenvalue weighted by atomic mass is 16.6. The summed E-state index contributed by atoms with van der Waals surface area (Å²) < 4.78 is 5.13. The van der Waals surface area contributed by atoms with Crippen LogP contribution in [0.15, 0.2) is 36.0 Å². The van der Waals surface area contributed by atoms with Gasteiger partial charge in [-0.3, -0.25) is 0 Å². The fourth-order valence-electron chi connectivity index (χ4n) is 0.955. The van der Waals surface area contributed by atoms with Crippen molar-refractivity contribution >= 4 is 0 Å². The Hall–Kier alpha value is -0.820. The Bertz CT molecular complexity index is 219. The van der Waals surface area contributed by atoms with Crippen molar-refractivity contribution in [1.82, 2.24) is 0 Å². The molecule has 0 aliphatic carbocycles. The minimum absolute atomic E-state index is 0.499. The van der Waals surface area contributed by atoms with Gasteiger partial charge in [0.2, 0.25) is 0 Å². The van der Waals surface area contributed by atoms with Crippen LogP contribution in [-0.4, -0.2) is 12.7 Å². The Morgan fingerprint density at radius 3 is 2.67 bits per heavy atom. The monoisotopic (exact) mass is 164 g/mol. The van der Waals surface area contributed by atoms with Crippen molar-refractivity contribution in [3.8, 4) is 0 Å². The molecule has 0 radical (unpaired) electrons. The molecule has 1 heterocycles. The minimum atomic E-state index is 0.499. The predicted molar refractivity (Wildman–Crippen MR) is 52.1 cm³/mol. The molecule has 0 N–H and O–H groups in total. The number of hydrogen-bond donors (Lipinski definition) is 0. The lowest BCUT2D eigenvalue weighted by molar-refractivity contribution is 0.407. The summed E-state index contributed by atoms with van der Waals surface area (Å²) in [5, 5.41) is 0. The Morgan fingerprint density at radius 1 is 1.50 bits per heavy atom. The third kappa shape index (κ3) is 3.54. The van der Waals surface area contributed by atoms with Gasteiger partial charge in [0, 0.05) is 0 Å². The minimum Gasteiger partial charge on any atom is -0.373 e. The number of allylic oxidation sites excluding steroid dienone is 4. The molecule has 0 aromatic carbocycles. The van der Waals surface area contributed by atoms with Gasteiger partial charge in [0.15, 0.2) is 0 Å². The van der Waals surface area contributed by atoms with Gasteiger partial charge in [-0.25, -0.2) is 0 Å². The summed E-state index contributed by atoms with van der Waals surface area (Å²) in [6.07, 6.45) is 7.65. The SMILES string of the molecule is C=C/C(C)=C/C=C(\C)CC1CO1. The summed E-state index contributed by atoms with van der Waals surface area (Å²) in [6, 6.07) is 0. The zero-order valence-electron chi connectivity index (χ0n) is 7.84. The summed E-state index contributed by atoms with van der Waals surface area (Å²) >= 11 is 0. The van der Waals surface area contributed by atoms with E-state index < -0.39 is 0 Å². The van der Waals surface area contributed by atoms with Crippen molar-refractivity contribution in [2.45, 2.75) is 26.4 Å². The van der Waals surface area contributed by atoms with E-state index in [0.29, 0.717) is 6.10 Å². The van der Waals surface area contributed by atoms with E-state index in [1.807, 2.05) is 13.0 Å². The molecule has 1 fully saturated rings. The molecular weight excluding hydrogens is 148 g/mol. The van der Waals surface area contributed by atoms with Gasteiger partial charge in [-0.15, -0.1) is 0 Å². The maximum absolute atomic E-state index is 5.13. The van der Waals surface area contributed by atoms with Crippen molar-refractivity contribution in [3.05, 3.63) is 36.0 Å². The molecule has 1 heteroatoms. The molecule has 0 spiro atoms. The molecule has 0 aromatic heterocycles. The van der Waals surface area contributed by atoms with Crippen molar-refractivity contribution in [2.24, 2.45) is 0 Å². The second kappa shape index (κ2) is 4.27. The number of hydrogen-bond acceptors (Lipinski definition) is 1. The summed E-state index contributed by atoms with van der Waals surface area (Å²) in [5.41, 5.74) is 2.57. The van der Waals surface area contributed by atoms with Crippen molar-refractivity contribution in [1.29, 1.82) is 0 Å². The van der Waals surface area contributed by atoms with E-state index in [-0.39, 0.29) is 0 Å². The van der Waals surface area contributed by atoms with Crippen LogP contribution in [-0.2, 0) is 4.74 Å². The van der Waals surface area contributed by atoms with Crippen LogP contribution in [0.2, 0.25) is 0 Å². The Morgan fingerprint density at radius 2 is 2.17 bits per heavy atom. The fraction of sp³-hybridized carbons (Fsp3) is 0.455. The fourth-order valence-corrected chi connectivity index (χ4v) is 0.955. The zero-order chi connectivity index (χ0) is 8.97. The number of ether oxygens (including phenoxy) is 1. The maximum Gasteiger partial charge on any atom is 0.0846 e. The van der Waals surface area contributed by atoms with E-state index in [2.05, 4.69) is 25.7 Å². The summed E-state index contributed by atoms with van der Waals surface area (Å²) in [4.78, 5) is 0. The van der Waals surface area contributed by atoms with Gasteiger partial charge in [-0.1, -0.05) is 36.0 Å². The van der Waals surface area contributed by atoms with Crippen molar-refractivity contribution in [3.63, 3.8) is 0 Å². The highest BCUT2D eigenvalue weighted by molar-refractivity contribution is 5.22. The molecule has 1 aliphatic rings. The highest BCUT2D eigenvalue weighted by Gasteiger charge is 2.21. The van der Waals surface area contributed by atoms with E-state index in [0.717, 1.165) is 13.0 Å². The Kier molecular flexibility index (Phi) is 3.30. The molecule has 1 atom stereocenters. The van der Waals surface area contributed by atoms with Crippen LogP contribution in [0.4, 0.5) is 0 Å². The van der Waals surface area contributed by atoms with Gasteiger partial charge in [0.1, 0.15) is 0 Å². The standard InChI is InChI=1S/C11H16O/c1-4-9(2)5-6-10(3)7-11-8-12-11/h4-6,11H,1,7-8H2,2-3H3/b9-5+,10-6+. The zero-order valence-corrected chi connectivity index (χ0v) is 7.84. The molecule has 0 bridgehead atoms. The van der Waals surface area contributed by atoms with Crippen LogP contribution >= 0.6 is 0 Å². The molecule has 1 nitrogen and oxygen atoms in total. The first kappa shape index (κ1) is 9.27. The molecular formula is C11H16O. The number of rotatable bonds is 4. The third-order valence-electron chi connectivity index (χ3n) is 1.90. The predicted octanol–water partition coefficient (Wildman–Crippen LogP) is 2.85. The van der Waals surface area contributed by atoms with E-state index in [1.165, 1.54) is 11.1 Å². The molecule has 66 valence electrons. The third-order valence-corrected chi connectivity index (χ3v) is 1.90. The molecule has 1 rings (SSSR count). The number of epoxide rings is 1. The van der Waals surface area contributed by atoms with Crippen LogP contribution in [0.3, 0.4) is 0 Å². The van der Waals surface area contributed by atoms with Crippen molar-refractivity contribution < 1.29 is 4.74 Å². The van der Waals surface area contributed by atoms with Gasteiger partial charge in [0.05, 0.1) is 12.7 Å². The van der Waals surface area contributed by atoms with Crippen LogP contribution in [0.1, 0.15) is 20.3 Å². The topological polar surface area (TPSA) is 12.5 Å². The van der Waals surface area contributed by atoms with Crippen LogP contribution in [0.25, 0.3) is 0 Å². The molecule has 1 unspecified atom stereocenters. The Balaban J connectivity index is 2.37. The van der Waals surface area contributed by atoms with E-state index in [9.17, 15) is 0 Å². The second-order valence-corrected chi connectivity index (χ2v) is 3.29. The summed E-state index contributed by atoms with van der Waals surface area (Å²) in [6.45, 7) is 8.81. The van der Waals surface area contributed by atoms with Gasteiger partial charge in [-0.2, -0.15) is 0 Å². The molecule has 1 aliphatic heterocycles. The molecule has 1 saturated heterocycles. The quantitative estimate of drug-likeness (QED) is 0.460. The van der Waals surface area contributed by atoms with Crippen molar-refractivity contribution in [2.75, 3.05) is 6.61 Å². The first-order chi connectivity index (χ1) is 5.72. The summed E-state index contributed by atoms with van der Waals surface area (Å²) in [5.74, 6) is 0. The lowest BCUT2D eigenvalue weighted by atomic mass is 10.1. The van der Waals surface area contributed by atoms with Gasteiger partial charge >= 0.3 is 0 Å². The molecule has 0 saturated carbocycles. The van der Waals surface area contributed by atoms with Gasteiger partial charge in [0.25, 0.3) is 0 Å². The van der Waals surface area contributed by atoms with E-state index in [4.69, 9.17) is 4.74 Å². The van der Waals surface area contributed by atoms with Crippen LogP contribution in [0, 0.1) is 0 Å². The average molecular weight is 164 g/mol. The first-order valence-electron chi connectivity index (χ1n) is 4.30. The first-order valence-corrected chi connectivity index (χ1v) is 4.30. The largest absolute Gasteiger partial charge is 0.373 e. The molecule has 0 aromatic rings. The normalized spacial score (nSPS) is 24.0. The molecule has 0 amide bonds.